The van der Waals surface area contributed by atoms with Gasteiger partial charge >= 0.3 is 12.1 Å². The van der Waals surface area contributed by atoms with Gasteiger partial charge in [0, 0.05) is 23.6 Å². The Labute approximate surface area is 599 Å². The molecule has 3 aromatic rings. The van der Waals surface area contributed by atoms with Crippen molar-refractivity contribution in [3.63, 3.8) is 0 Å². The number of para-hydroxylation sites is 1. The van der Waals surface area contributed by atoms with Crippen LogP contribution in [-0.4, -0.2) is 346 Å². The lowest BCUT2D eigenvalue weighted by molar-refractivity contribution is -0.175. The number of hydrogen-bond donors (Lipinski definition) is 0. The minimum atomic E-state index is -1.87. The fourth-order valence-corrected chi connectivity index (χ4v) is 9.52. The van der Waals surface area contributed by atoms with Gasteiger partial charge in [-0.1, -0.05) is 25.1 Å². The molecule has 2 aliphatic heterocycles. The molecule has 0 spiro atoms. The average Bonchev–Trinajstić information content (AvgIpc) is 1.44. The number of ether oxygens (including phenoxy) is 27. The third kappa shape index (κ3) is 40.2. The highest BCUT2D eigenvalue weighted by Crippen LogP contribution is 2.41. The summed E-state index contributed by atoms with van der Waals surface area (Å²) in [6, 6.07) is 11.4. The second-order valence-electron chi connectivity index (χ2n) is 22.0. The first-order chi connectivity index (χ1) is 50.5. The van der Waals surface area contributed by atoms with Crippen LogP contribution in [0.4, 0.5) is 4.79 Å². The maximum absolute atomic E-state index is 13.8. The normalized spacial score (nSPS) is 14.0. The average molecular weight is 1460 g/mol. The largest absolute Gasteiger partial charge is 0.509 e. The monoisotopic (exact) mass is 1460 g/mol. The van der Waals surface area contributed by atoms with Crippen molar-refractivity contribution in [1.29, 1.82) is 0 Å². The number of fused-ring (bicyclic) bond motifs is 5. The standard InChI is InChI=1S/C70H114N2O30/c1-3-70(63-57-65-66-61(56-60-6-4-5-7-64(60)71-66)58-72(65)67(73)62(63)59-101-68(70)74)102-69(75)100-55-54-99-53-52-98-51-50-97-49-48-96-47-46-95-45-44-94-43-42-93-41-40-92-39-38-91-37-36-90-35-34-89-33-32-88-31-30-87-29-28-86-27-26-85-25-24-84-23-22-83-21-20-82-19-18-81-17-16-80-15-14-79-13-12-78-11-10-77-9-8-76-2/h4-7,56-57H,3,8-55,58-59H2,1-2H3/t70-/m0/s1. The highest BCUT2D eigenvalue weighted by molar-refractivity contribution is 5.87. The molecule has 0 fully saturated rings. The second-order valence-corrected chi connectivity index (χ2v) is 22.0. The number of esters is 1. The van der Waals surface area contributed by atoms with Crippen molar-refractivity contribution in [2.75, 3.05) is 324 Å². The number of nitrogens with zero attached hydrogens (tertiary/aromatic N) is 2. The summed E-state index contributed by atoms with van der Waals surface area (Å²) in [5.74, 6) is -0.780. The van der Waals surface area contributed by atoms with Crippen LogP contribution in [0.15, 0.2) is 41.2 Å². The van der Waals surface area contributed by atoms with Crippen LogP contribution < -0.4 is 5.56 Å². The quantitative estimate of drug-likeness (QED) is 0.0452. The van der Waals surface area contributed by atoms with E-state index in [0.717, 1.165) is 16.5 Å². The molecule has 0 aliphatic carbocycles. The Morgan fingerprint density at radius 3 is 0.980 bits per heavy atom. The molecule has 0 amide bonds. The van der Waals surface area contributed by atoms with Gasteiger partial charge in [-0.3, -0.25) is 4.79 Å². The molecule has 2 aliphatic rings. The van der Waals surface area contributed by atoms with Crippen LogP contribution in [0.25, 0.3) is 22.3 Å². The smallest absolute Gasteiger partial charge is 0.457 e. The molecule has 5 rings (SSSR count). The van der Waals surface area contributed by atoms with E-state index in [0.29, 0.717) is 315 Å². The number of carbonyl (C=O) groups is 2. The van der Waals surface area contributed by atoms with Crippen LogP contribution in [0, 0.1) is 0 Å². The van der Waals surface area contributed by atoms with E-state index in [-0.39, 0.29) is 49.5 Å². The fraction of sp³-hybridized carbons (Fsp3) is 0.771. The Balaban J connectivity index is 0.634. The van der Waals surface area contributed by atoms with Crippen LogP contribution in [0.5, 0.6) is 0 Å². The van der Waals surface area contributed by atoms with E-state index < -0.39 is 17.7 Å². The number of methoxy groups -OCH3 is 1. The minimum absolute atomic E-state index is 0.0135. The van der Waals surface area contributed by atoms with Gasteiger partial charge in [0.05, 0.1) is 340 Å². The lowest BCUT2D eigenvalue weighted by atomic mass is 9.85. The van der Waals surface area contributed by atoms with E-state index in [1.165, 1.54) is 0 Å². The first-order valence-electron chi connectivity index (χ1n) is 35.4. The summed E-state index contributed by atoms with van der Waals surface area (Å²) in [7, 11) is 1.64. The molecular weight excluding hydrogens is 1350 g/mol. The molecule has 0 bridgehead atoms. The molecule has 102 heavy (non-hydrogen) atoms. The van der Waals surface area contributed by atoms with Crippen molar-refractivity contribution in [2.45, 2.75) is 32.1 Å². The number of carbonyl (C=O) groups excluding carboxylic acids is 2. The fourth-order valence-electron chi connectivity index (χ4n) is 9.52. The summed E-state index contributed by atoms with van der Waals surface area (Å²) < 4.78 is 150. The Bertz CT molecular complexity index is 2590. The van der Waals surface area contributed by atoms with Crippen molar-refractivity contribution in [1.82, 2.24) is 9.55 Å². The highest BCUT2D eigenvalue weighted by atomic mass is 16.7. The lowest BCUT2D eigenvalue weighted by Crippen LogP contribution is -2.47. The number of rotatable bonds is 74. The molecule has 4 heterocycles. The van der Waals surface area contributed by atoms with Gasteiger partial charge in [-0.15, -0.1) is 0 Å². The molecule has 32 heteroatoms. The van der Waals surface area contributed by atoms with E-state index in [9.17, 15) is 14.4 Å². The second kappa shape index (κ2) is 61.5. The van der Waals surface area contributed by atoms with Gasteiger partial charge in [0.25, 0.3) is 5.56 Å². The van der Waals surface area contributed by atoms with Crippen LogP contribution in [0.2, 0.25) is 0 Å². The zero-order valence-electron chi connectivity index (χ0n) is 60.2. The van der Waals surface area contributed by atoms with E-state index in [1.807, 2.05) is 30.3 Å². The third-order valence-corrected chi connectivity index (χ3v) is 14.7. The predicted octanol–water partition coefficient (Wildman–Crippen LogP) is 3.27. The maximum Gasteiger partial charge on any atom is 0.509 e. The molecule has 584 valence electrons. The van der Waals surface area contributed by atoms with Crippen LogP contribution >= 0.6 is 0 Å². The number of aromatic nitrogens is 2. The van der Waals surface area contributed by atoms with Crippen molar-refractivity contribution in [3.05, 3.63) is 63.4 Å². The highest BCUT2D eigenvalue weighted by Gasteiger charge is 2.51. The number of cyclic esters (lactones) is 1. The van der Waals surface area contributed by atoms with Crippen LogP contribution in [0.3, 0.4) is 0 Å². The predicted molar refractivity (Wildman–Crippen MR) is 365 cm³/mol. The summed E-state index contributed by atoms with van der Waals surface area (Å²) >= 11 is 0. The minimum Gasteiger partial charge on any atom is -0.457 e. The van der Waals surface area contributed by atoms with Crippen LogP contribution in [0.1, 0.15) is 30.0 Å². The van der Waals surface area contributed by atoms with Crippen LogP contribution in [-0.2, 0) is 151 Å². The van der Waals surface area contributed by atoms with E-state index in [4.69, 9.17) is 133 Å². The number of hydrogen-bond acceptors (Lipinski definition) is 31. The van der Waals surface area contributed by atoms with Gasteiger partial charge in [0.1, 0.15) is 13.2 Å². The molecule has 0 radical (unpaired) electrons. The zero-order valence-corrected chi connectivity index (χ0v) is 60.2. The summed E-state index contributed by atoms with van der Waals surface area (Å²) in [5, 5.41) is 0.953. The summed E-state index contributed by atoms with van der Waals surface area (Å²) in [6.45, 7) is 23.1. The summed E-state index contributed by atoms with van der Waals surface area (Å²) in [4.78, 5) is 44.8. The molecule has 0 unspecified atom stereocenters. The molecule has 0 saturated heterocycles. The molecule has 0 N–H and O–H groups in total. The molecule has 2 aromatic heterocycles. The summed E-state index contributed by atoms with van der Waals surface area (Å²) in [6.07, 6.45) is -1.08. The van der Waals surface area contributed by atoms with Crippen molar-refractivity contribution in [3.8, 4) is 11.4 Å². The van der Waals surface area contributed by atoms with Crippen molar-refractivity contribution >= 4 is 23.0 Å². The van der Waals surface area contributed by atoms with Gasteiger partial charge in [0.15, 0.2) is 0 Å². The zero-order chi connectivity index (χ0) is 72.0. The van der Waals surface area contributed by atoms with Gasteiger partial charge in [-0.05, 0) is 24.6 Å². The molecule has 1 aromatic carbocycles. The summed E-state index contributed by atoms with van der Waals surface area (Å²) in [5.41, 5.74) is 1.14. The van der Waals surface area contributed by atoms with Gasteiger partial charge in [-0.2, -0.15) is 0 Å². The Kier molecular flexibility index (Phi) is 53.1. The number of pyridine rings is 2. The Hall–Kier alpha value is -4.64. The SMILES string of the molecule is CC[C@@]1(OC(=O)OCCOCCOCCOCCOCCOCCOCCOCCOCCOCCOCCOCCOCCOCCOCCOCCOCCOCCOCCOCCOCCOCCOCCOCCOC)C(=O)OCc2c1cc1n(c2=O)Cc2cc3ccccc3nc2-1. The maximum atomic E-state index is 13.8. The van der Waals surface area contributed by atoms with Crippen molar-refractivity contribution < 1.29 is 137 Å². The lowest BCUT2D eigenvalue weighted by Gasteiger charge is -2.35. The number of benzene rings is 1. The van der Waals surface area contributed by atoms with E-state index in [1.54, 1.807) is 24.7 Å². The third-order valence-electron chi connectivity index (χ3n) is 14.7. The van der Waals surface area contributed by atoms with Gasteiger partial charge < -0.3 is 132 Å². The first kappa shape index (κ1) is 88.0. The van der Waals surface area contributed by atoms with Gasteiger partial charge in [-0.25, -0.2) is 14.6 Å². The van der Waals surface area contributed by atoms with Gasteiger partial charge in [0.2, 0.25) is 5.60 Å². The molecular formula is C70H114N2O30. The van der Waals surface area contributed by atoms with Crippen molar-refractivity contribution in [2.24, 2.45) is 0 Å². The topological polar surface area (TPSA) is 318 Å². The first-order valence-corrected chi connectivity index (χ1v) is 35.4. The Morgan fingerprint density at radius 2 is 0.686 bits per heavy atom. The molecule has 0 saturated carbocycles. The van der Waals surface area contributed by atoms with E-state index >= 15 is 0 Å². The molecule has 1 atom stereocenters. The van der Waals surface area contributed by atoms with E-state index in [2.05, 4.69) is 0 Å². The molecule has 32 nitrogen and oxygen atoms in total. The Morgan fingerprint density at radius 1 is 0.402 bits per heavy atom.